The third kappa shape index (κ3) is 2.44. The highest BCUT2D eigenvalue weighted by atomic mass is 14.0. The van der Waals surface area contributed by atoms with Crippen molar-refractivity contribution in [2.24, 2.45) is 11.8 Å². The second-order valence-electron chi connectivity index (χ2n) is 2.24. The van der Waals surface area contributed by atoms with E-state index in [4.69, 9.17) is 0 Å². The summed E-state index contributed by atoms with van der Waals surface area (Å²) in [6.45, 7) is 10.0. The van der Waals surface area contributed by atoms with Gasteiger partial charge in [0.25, 0.3) is 0 Å². The van der Waals surface area contributed by atoms with Crippen LogP contribution >= 0.6 is 0 Å². The molecule has 0 nitrogen and oxygen atoms in total. The minimum Gasteiger partial charge on any atom is -0.0953 e. The van der Waals surface area contributed by atoms with E-state index in [1.807, 2.05) is 0 Å². The molecule has 1 unspecified atom stereocenters. The van der Waals surface area contributed by atoms with Crippen molar-refractivity contribution in [2.75, 3.05) is 0 Å². The van der Waals surface area contributed by atoms with Crippen LogP contribution in [-0.2, 0) is 0 Å². The van der Waals surface area contributed by atoms with Gasteiger partial charge >= 0.3 is 0 Å². The second-order valence-corrected chi connectivity index (χ2v) is 2.24. The molecule has 0 spiro atoms. The van der Waals surface area contributed by atoms with E-state index in [2.05, 4.69) is 33.4 Å². The Labute approximate surface area is 46.2 Å². The van der Waals surface area contributed by atoms with Gasteiger partial charge in [0.1, 0.15) is 0 Å². The number of hydrogen-bond donors (Lipinski definition) is 0. The standard InChI is InChI=1S/C7H13/c1-5-7(4)6(2)3/h6-7H,1H2,2-4H3. The maximum Gasteiger partial charge on any atom is -0.0171 e. The summed E-state index contributed by atoms with van der Waals surface area (Å²) < 4.78 is 0. The van der Waals surface area contributed by atoms with E-state index in [0.717, 1.165) is 0 Å². The van der Waals surface area contributed by atoms with Crippen molar-refractivity contribution in [3.05, 3.63) is 12.7 Å². The molecule has 0 rings (SSSR count). The van der Waals surface area contributed by atoms with E-state index in [0.29, 0.717) is 11.8 Å². The van der Waals surface area contributed by atoms with E-state index in [1.54, 1.807) is 0 Å². The molecule has 0 saturated heterocycles. The molecule has 0 aliphatic heterocycles. The van der Waals surface area contributed by atoms with Gasteiger partial charge in [-0.2, -0.15) is 0 Å². The van der Waals surface area contributed by atoms with Crippen molar-refractivity contribution >= 4 is 0 Å². The predicted molar refractivity (Wildman–Crippen MR) is 32.9 cm³/mol. The zero-order chi connectivity index (χ0) is 5.86. The van der Waals surface area contributed by atoms with Gasteiger partial charge in [0.2, 0.25) is 0 Å². The largest absolute Gasteiger partial charge is 0.0953 e. The van der Waals surface area contributed by atoms with Gasteiger partial charge in [0, 0.05) is 0 Å². The fourth-order valence-electron chi connectivity index (χ4n) is 0.236. The highest BCUT2D eigenvalue weighted by Gasteiger charge is 1.99. The van der Waals surface area contributed by atoms with Crippen LogP contribution in [0.1, 0.15) is 20.8 Å². The van der Waals surface area contributed by atoms with Crippen LogP contribution in [0.25, 0.3) is 0 Å². The highest BCUT2D eigenvalue weighted by molar-refractivity contribution is 4.67. The van der Waals surface area contributed by atoms with Crippen molar-refractivity contribution < 1.29 is 0 Å². The molecule has 0 N–H and O–H groups in total. The molecule has 7 heavy (non-hydrogen) atoms. The lowest BCUT2D eigenvalue weighted by molar-refractivity contribution is 0.493. The molecule has 0 heteroatoms. The number of rotatable bonds is 2. The topological polar surface area (TPSA) is 0 Å². The van der Waals surface area contributed by atoms with Gasteiger partial charge in [-0.1, -0.05) is 27.4 Å². The Morgan fingerprint density at radius 3 is 1.71 bits per heavy atom. The molecule has 0 aliphatic rings. The molecule has 41 valence electrons. The lowest BCUT2D eigenvalue weighted by atomic mass is 9.99. The molecular formula is C7H13. The van der Waals surface area contributed by atoms with Crippen LogP contribution in [0.15, 0.2) is 6.58 Å². The van der Waals surface area contributed by atoms with Gasteiger partial charge in [0.05, 0.1) is 0 Å². The Balaban J connectivity index is 3.33. The van der Waals surface area contributed by atoms with Crippen LogP contribution in [-0.4, -0.2) is 0 Å². The van der Waals surface area contributed by atoms with Crippen molar-refractivity contribution in [1.82, 2.24) is 0 Å². The Kier molecular flexibility index (Phi) is 2.73. The maximum absolute atomic E-state index is 3.56. The molecule has 1 radical (unpaired) electrons. The van der Waals surface area contributed by atoms with Crippen LogP contribution in [0.5, 0.6) is 0 Å². The molecule has 0 aliphatic carbocycles. The van der Waals surface area contributed by atoms with Crippen LogP contribution in [0.3, 0.4) is 0 Å². The molecule has 0 aromatic carbocycles. The fourth-order valence-corrected chi connectivity index (χ4v) is 0.236. The normalized spacial score (nSPS) is 14.3. The van der Waals surface area contributed by atoms with Gasteiger partial charge in [-0.05, 0) is 17.9 Å². The van der Waals surface area contributed by atoms with Crippen molar-refractivity contribution in [3.8, 4) is 0 Å². The highest BCUT2D eigenvalue weighted by Crippen LogP contribution is 2.07. The first-order valence-corrected chi connectivity index (χ1v) is 2.71. The van der Waals surface area contributed by atoms with E-state index >= 15 is 0 Å². The first kappa shape index (κ1) is 6.74. The average Bonchev–Trinajstić information content (AvgIpc) is 1.65. The summed E-state index contributed by atoms with van der Waals surface area (Å²) >= 11 is 0. The summed E-state index contributed by atoms with van der Waals surface area (Å²) in [5.41, 5.74) is 0. The lowest BCUT2D eigenvalue weighted by Crippen LogP contribution is -1.98. The average molecular weight is 97.2 g/mol. The van der Waals surface area contributed by atoms with E-state index in [-0.39, 0.29) is 0 Å². The molecular weight excluding hydrogens is 84.1 g/mol. The number of allylic oxidation sites excluding steroid dienone is 1. The zero-order valence-corrected chi connectivity index (χ0v) is 5.36. The van der Waals surface area contributed by atoms with Crippen LogP contribution in [0.2, 0.25) is 0 Å². The monoisotopic (exact) mass is 97.1 g/mol. The van der Waals surface area contributed by atoms with Crippen LogP contribution < -0.4 is 0 Å². The molecule has 0 aromatic heterocycles. The van der Waals surface area contributed by atoms with E-state index < -0.39 is 0 Å². The second kappa shape index (κ2) is 2.84. The molecule has 0 bridgehead atoms. The minimum absolute atomic E-state index is 0.542. The van der Waals surface area contributed by atoms with Gasteiger partial charge < -0.3 is 0 Å². The molecule has 0 saturated carbocycles. The molecule has 0 heterocycles. The smallest absolute Gasteiger partial charge is 0.0171 e. The molecule has 0 amide bonds. The quantitative estimate of drug-likeness (QED) is 0.496. The predicted octanol–water partition coefficient (Wildman–Crippen LogP) is 2.27. The summed E-state index contributed by atoms with van der Waals surface area (Å²) in [7, 11) is 0. The summed E-state index contributed by atoms with van der Waals surface area (Å²) in [5, 5.41) is 0. The zero-order valence-electron chi connectivity index (χ0n) is 5.36. The Hall–Kier alpha value is -0.260. The Morgan fingerprint density at radius 2 is 1.71 bits per heavy atom. The third-order valence-corrected chi connectivity index (χ3v) is 1.32. The molecule has 1 atom stereocenters. The first-order valence-electron chi connectivity index (χ1n) is 2.71. The lowest BCUT2D eigenvalue weighted by Gasteiger charge is -2.06. The SMILES string of the molecule is C=[C]C(C)C(C)C. The molecule has 0 aromatic rings. The summed E-state index contributed by atoms with van der Waals surface area (Å²) in [6.07, 6.45) is 2.91. The maximum atomic E-state index is 3.56. The van der Waals surface area contributed by atoms with Crippen molar-refractivity contribution in [1.29, 1.82) is 0 Å². The van der Waals surface area contributed by atoms with Crippen molar-refractivity contribution in [3.63, 3.8) is 0 Å². The fraction of sp³-hybridized carbons (Fsp3) is 0.714. The summed E-state index contributed by atoms with van der Waals surface area (Å²) in [5.74, 6) is 1.23. The Morgan fingerprint density at radius 1 is 1.29 bits per heavy atom. The van der Waals surface area contributed by atoms with Gasteiger partial charge in [-0.25, -0.2) is 0 Å². The van der Waals surface area contributed by atoms with Gasteiger partial charge in [0.15, 0.2) is 0 Å². The van der Waals surface area contributed by atoms with E-state index in [9.17, 15) is 0 Å². The van der Waals surface area contributed by atoms with Crippen LogP contribution in [0, 0.1) is 17.9 Å². The van der Waals surface area contributed by atoms with Gasteiger partial charge in [-0.15, -0.1) is 0 Å². The van der Waals surface area contributed by atoms with Crippen molar-refractivity contribution in [2.45, 2.75) is 20.8 Å². The minimum atomic E-state index is 0.542. The summed E-state index contributed by atoms with van der Waals surface area (Å²) in [6, 6.07) is 0. The van der Waals surface area contributed by atoms with E-state index in [1.165, 1.54) is 0 Å². The Bertz CT molecular complexity index is 53.1. The third-order valence-electron chi connectivity index (χ3n) is 1.32. The van der Waals surface area contributed by atoms with Crippen LogP contribution in [0.4, 0.5) is 0 Å². The first-order chi connectivity index (χ1) is 3.18. The number of hydrogen-bond acceptors (Lipinski definition) is 0. The molecule has 0 fully saturated rings. The summed E-state index contributed by atoms with van der Waals surface area (Å²) in [4.78, 5) is 0. The van der Waals surface area contributed by atoms with Gasteiger partial charge in [-0.3, -0.25) is 0 Å².